The molecule has 0 radical (unpaired) electrons. The lowest BCUT2D eigenvalue weighted by molar-refractivity contribution is 0.0602. The van der Waals surface area contributed by atoms with Crippen LogP contribution in [0.3, 0.4) is 0 Å². The van der Waals surface area contributed by atoms with Gasteiger partial charge in [-0.2, -0.15) is 0 Å². The Bertz CT molecular complexity index is 1090. The van der Waals surface area contributed by atoms with Gasteiger partial charge in [-0.3, -0.25) is 13.9 Å². The number of carbonyl (C=O) groups is 1. The SMILES string of the molecule is COC(=O)c1ccccc1NCCn1cnc2c1c(=O)n(C)c(=O)n2C. The second kappa shape index (κ2) is 6.87. The van der Waals surface area contributed by atoms with E-state index in [4.69, 9.17) is 4.74 Å². The minimum absolute atomic E-state index is 0.341. The van der Waals surface area contributed by atoms with Gasteiger partial charge in [-0.05, 0) is 12.1 Å². The highest BCUT2D eigenvalue weighted by atomic mass is 16.5. The third-order valence-electron chi connectivity index (χ3n) is 4.22. The predicted octanol–water partition coefficient (Wildman–Crippen LogP) is 0.332. The van der Waals surface area contributed by atoms with E-state index in [1.165, 1.54) is 25.1 Å². The van der Waals surface area contributed by atoms with Crippen LogP contribution in [0.5, 0.6) is 0 Å². The first-order valence-corrected chi connectivity index (χ1v) is 7.97. The van der Waals surface area contributed by atoms with Gasteiger partial charge in [0.25, 0.3) is 5.56 Å². The van der Waals surface area contributed by atoms with E-state index in [2.05, 4.69) is 10.3 Å². The number of carbonyl (C=O) groups excluding carboxylic acids is 1. The van der Waals surface area contributed by atoms with Crippen molar-refractivity contribution in [2.75, 3.05) is 19.0 Å². The van der Waals surface area contributed by atoms with Gasteiger partial charge in [0.05, 0.1) is 19.0 Å². The quantitative estimate of drug-likeness (QED) is 0.661. The van der Waals surface area contributed by atoms with Crippen LogP contribution in [0.4, 0.5) is 5.69 Å². The normalized spacial score (nSPS) is 10.9. The van der Waals surface area contributed by atoms with Crippen molar-refractivity contribution in [3.8, 4) is 0 Å². The number of fused-ring (bicyclic) bond motifs is 1. The fourth-order valence-corrected chi connectivity index (χ4v) is 2.80. The number of para-hydroxylation sites is 1. The Kier molecular flexibility index (Phi) is 4.61. The monoisotopic (exact) mass is 357 g/mol. The number of anilines is 1. The fourth-order valence-electron chi connectivity index (χ4n) is 2.80. The Morgan fingerprint density at radius 3 is 2.65 bits per heavy atom. The maximum atomic E-state index is 12.4. The molecule has 26 heavy (non-hydrogen) atoms. The molecular weight excluding hydrogens is 338 g/mol. The number of aromatic nitrogens is 4. The lowest BCUT2D eigenvalue weighted by atomic mass is 10.2. The predicted molar refractivity (Wildman–Crippen MR) is 96.5 cm³/mol. The Labute approximate surface area is 148 Å². The number of methoxy groups -OCH3 is 1. The van der Waals surface area contributed by atoms with Gasteiger partial charge in [-0.15, -0.1) is 0 Å². The van der Waals surface area contributed by atoms with Crippen molar-refractivity contribution in [2.24, 2.45) is 14.1 Å². The standard InChI is InChI=1S/C17H19N5O4/c1-20-14-13(15(23)21(2)17(20)25)22(10-19-14)9-8-18-12-7-5-4-6-11(12)16(24)26-3/h4-7,10,18H,8-9H2,1-3H3. The molecule has 0 fully saturated rings. The molecule has 0 saturated heterocycles. The van der Waals surface area contributed by atoms with E-state index in [1.807, 2.05) is 6.07 Å². The lowest BCUT2D eigenvalue weighted by Gasteiger charge is -2.11. The van der Waals surface area contributed by atoms with Gasteiger partial charge in [0.1, 0.15) is 0 Å². The molecule has 0 unspecified atom stereocenters. The summed E-state index contributed by atoms with van der Waals surface area (Å²) < 4.78 is 8.85. The molecule has 136 valence electrons. The van der Waals surface area contributed by atoms with Gasteiger partial charge in [0.15, 0.2) is 11.2 Å². The molecule has 0 aliphatic heterocycles. The molecule has 0 aliphatic rings. The van der Waals surface area contributed by atoms with Crippen molar-refractivity contribution in [1.82, 2.24) is 18.7 Å². The van der Waals surface area contributed by atoms with Gasteiger partial charge >= 0.3 is 11.7 Å². The first-order chi connectivity index (χ1) is 12.5. The topological polar surface area (TPSA) is 100 Å². The number of ether oxygens (including phenoxy) is 1. The summed E-state index contributed by atoms with van der Waals surface area (Å²) in [5.41, 5.74) is 0.965. The third kappa shape index (κ3) is 2.87. The smallest absolute Gasteiger partial charge is 0.339 e. The van der Waals surface area contributed by atoms with Crippen molar-refractivity contribution >= 4 is 22.8 Å². The Hall–Kier alpha value is -3.36. The molecule has 1 N–H and O–H groups in total. The summed E-state index contributed by atoms with van der Waals surface area (Å²) in [5.74, 6) is -0.426. The largest absolute Gasteiger partial charge is 0.465 e. The maximum absolute atomic E-state index is 12.4. The van der Waals surface area contributed by atoms with E-state index in [1.54, 1.807) is 29.8 Å². The zero-order valence-electron chi connectivity index (χ0n) is 14.7. The summed E-state index contributed by atoms with van der Waals surface area (Å²) in [5, 5.41) is 3.16. The van der Waals surface area contributed by atoms with Gasteiger partial charge < -0.3 is 14.6 Å². The fraction of sp³-hybridized carbons (Fsp3) is 0.294. The van der Waals surface area contributed by atoms with Crippen molar-refractivity contribution in [2.45, 2.75) is 6.54 Å². The number of benzene rings is 1. The van der Waals surface area contributed by atoms with Crippen LogP contribution in [-0.2, 0) is 25.4 Å². The number of aryl methyl sites for hydroxylation is 1. The molecule has 0 atom stereocenters. The highest BCUT2D eigenvalue weighted by Crippen LogP contribution is 2.16. The molecule has 2 heterocycles. The van der Waals surface area contributed by atoms with Crippen molar-refractivity contribution in [3.63, 3.8) is 0 Å². The highest BCUT2D eigenvalue weighted by molar-refractivity contribution is 5.95. The van der Waals surface area contributed by atoms with Crippen molar-refractivity contribution < 1.29 is 9.53 Å². The number of hydrogen-bond donors (Lipinski definition) is 1. The molecule has 9 nitrogen and oxygen atoms in total. The van der Waals surface area contributed by atoms with Crippen molar-refractivity contribution in [3.05, 3.63) is 57.0 Å². The van der Waals surface area contributed by atoms with E-state index in [-0.39, 0.29) is 0 Å². The molecule has 0 aliphatic carbocycles. The number of nitrogens with zero attached hydrogens (tertiary/aromatic N) is 4. The summed E-state index contributed by atoms with van der Waals surface area (Å²) in [6, 6.07) is 7.02. The Morgan fingerprint density at radius 1 is 1.19 bits per heavy atom. The minimum Gasteiger partial charge on any atom is -0.465 e. The van der Waals surface area contributed by atoms with Gasteiger partial charge in [0.2, 0.25) is 0 Å². The number of rotatable bonds is 5. The molecule has 0 amide bonds. The summed E-state index contributed by atoms with van der Waals surface area (Å²) in [6.07, 6.45) is 1.53. The summed E-state index contributed by atoms with van der Waals surface area (Å²) in [7, 11) is 4.34. The van der Waals surface area contributed by atoms with E-state index in [0.29, 0.717) is 35.5 Å². The van der Waals surface area contributed by atoms with Gasteiger partial charge in [0, 0.05) is 32.9 Å². The van der Waals surface area contributed by atoms with Crippen LogP contribution in [0.1, 0.15) is 10.4 Å². The van der Waals surface area contributed by atoms with E-state index >= 15 is 0 Å². The molecule has 0 spiro atoms. The molecule has 0 saturated carbocycles. The highest BCUT2D eigenvalue weighted by Gasteiger charge is 2.14. The molecule has 0 bridgehead atoms. The summed E-state index contributed by atoms with van der Waals surface area (Å²) >= 11 is 0. The van der Waals surface area contributed by atoms with Crippen LogP contribution in [0.2, 0.25) is 0 Å². The molecule has 2 aromatic heterocycles. The number of hydrogen-bond acceptors (Lipinski definition) is 6. The summed E-state index contributed by atoms with van der Waals surface area (Å²) in [6.45, 7) is 0.880. The lowest BCUT2D eigenvalue weighted by Crippen LogP contribution is -2.37. The van der Waals surface area contributed by atoms with E-state index in [9.17, 15) is 14.4 Å². The first-order valence-electron chi connectivity index (χ1n) is 7.97. The zero-order chi connectivity index (χ0) is 18.8. The average Bonchev–Trinajstić information content (AvgIpc) is 3.08. The minimum atomic E-state index is -0.426. The summed E-state index contributed by atoms with van der Waals surface area (Å²) in [4.78, 5) is 40.3. The van der Waals surface area contributed by atoms with Crippen LogP contribution in [0.15, 0.2) is 40.2 Å². The Morgan fingerprint density at radius 2 is 1.92 bits per heavy atom. The first kappa shape index (κ1) is 17.5. The van der Waals surface area contributed by atoms with Gasteiger partial charge in [-0.25, -0.2) is 14.6 Å². The molecule has 1 aromatic carbocycles. The number of esters is 1. The van der Waals surface area contributed by atoms with E-state index < -0.39 is 17.2 Å². The maximum Gasteiger partial charge on any atom is 0.339 e. The third-order valence-corrected chi connectivity index (χ3v) is 4.22. The van der Waals surface area contributed by atoms with Crippen LogP contribution >= 0.6 is 0 Å². The second-order valence-electron chi connectivity index (χ2n) is 5.78. The molecule has 9 heteroatoms. The zero-order valence-corrected chi connectivity index (χ0v) is 14.7. The van der Waals surface area contributed by atoms with Crippen LogP contribution in [-0.4, -0.2) is 38.3 Å². The second-order valence-corrected chi connectivity index (χ2v) is 5.78. The van der Waals surface area contributed by atoms with Crippen LogP contribution in [0.25, 0.3) is 11.2 Å². The number of imidazole rings is 1. The number of nitrogens with one attached hydrogen (secondary N) is 1. The van der Waals surface area contributed by atoms with Crippen molar-refractivity contribution in [1.29, 1.82) is 0 Å². The van der Waals surface area contributed by atoms with Gasteiger partial charge in [-0.1, -0.05) is 12.1 Å². The van der Waals surface area contributed by atoms with Crippen LogP contribution < -0.4 is 16.6 Å². The van der Waals surface area contributed by atoms with Crippen LogP contribution in [0, 0.1) is 0 Å². The van der Waals surface area contributed by atoms with E-state index in [0.717, 1.165) is 4.57 Å². The Balaban J connectivity index is 1.85. The molecule has 3 rings (SSSR count). The molecular formula is C17H19N5O4. The average molecular weight is 357 g/mol. The molecule has 3 aromatic rings.